The van der Waals surface area contributed by atoms with Crippen LogP contribution in [0.1, 0.15) is 40.9 Å². The average Bonchev–Trinajstić information content (AvgIpc) is 2.35. The van der Waals surface area contributed by atoms with Gasteiger partial charge in [0.1, 0.15) is 0 Å². The highest BCUT2D eigenvalue weighted by molar-refractivity contribution is 6.17. The van der Waals surface area contributed by atoms with E-state index >= 15 is 0 Å². The second kappa shape index (κ2) is 5.80. The molecule has 1 aromatic rings. The number of rotatable bonds is 5. The molecule has 0 aliphatic heterocycles. The highest BCUT2D eigenvalue weighted by atomic mass is 35.5. The molecule has 0 amide bonds. The van der Waals surface area contributed by atoms with E-state index in [1.807, 2.05) is 0 Å². The predicted molar refractivity (Wildman–Crippen MR) is 63.2 cm³/mol. The van der Waals surface area contributed by atoms with Gasteiger partial charge in [-0.05, 0) is 17.2 Å². The Morgan fingerprint density at radius 1 is 1.41 bits per heavy atom. The molecule has 0 bridgehead atoms. The van der Waals surface area contributed by atoms with Gasteiger partial charge in [-0.25, -0.2) is 4.79 Å². The van der Waals surface area contributed by atoms with Crippen molar-refractivity contribution < 1.29 is 19.8 Å². The maximum atomic E-state index is 11.5. The molecule has 92 valence electrons. The first-order valence-corrected chi connectivity index (χ1v) is 5.67. The summed E-state index contributed by atoms with van der Waals surface area (Å²) in [6.45, 7) is 1.71. The SMILES string of the molecule is CCC(=O)c1ccc(CCl)c(C(O)C(=O)O)c1. The number of halogens is 1. The number of carbonyl (C=O) groups excluding carboxylic acids is 1. The van der Waals surface area contributed by atoms with E-state index in [2.05, 4.69) is 0 Å². The molecule has 1 atom stereocenters. The summed E-state index contributed by atoms with van der Waals surface area (Å²) in [5.41, 5.74) is 1.07. The number of Topliss-reactive ketones (excluding diaryl/α,β-unsaturated/α-hetero) is 1. The molecule has 1 rings (SSSR count). The zero-order valence-electron chi connectivity index (χ0n) is 9.31. The highest BCUT2D eigenvalue weighted by Gasteiger charge is 2.20. The molecular formula is C12H13ClO4. The molecule has 0 fully saturated rings. The number of aliphatic hydroxyl groups is 1. The topological polar surface area (TPSA) is 74.6 Å². The van der Waals surface area contributed by atoms with Gasteiger partial charge in [-0.2, -0.15) is 0 Å². The number of benzene rings is 1. The standard InChI is InChI=1S/C12H13ClO4/c1-2-10(14)7-3-4-8(6-13)9(5-7)11(15)12(16)17/h3-5,11,15H,2,6H2,1H3,(H,16,17). The minimum Gasteiger partial charge on any atom is -0.479 e. The van der Waals surface area contributed by atoms with Crippen molar-refractivity contribution in [2.24, 2.45) is 0 Å². The fourth-order valence-corrected chi connectivity index (χ4v) is 1.73. The van der Waals surface area contributed by atoms with Gasteiger partial charge < -0.3 is 10.2 Å². The Bertz CT molecular complexity index is 442. The van der Waals surface area contributed by atoms with Crippen LogP contribution in [0.25, 0.3) is 0 Å². The first kappa shape index (κ1) is 13.7. The van der Waals surface area contributed by atoms with Crippen molar-refractivity contribution in [3.8, 4) is 0 Å². The van der Waals surface area contributed by atoms with Crippen LogP contribution in [0.15, 0.2) is 18.2 Å². The number of hydrogen-bond donors (Lipinski definition) is 2. The van der Waals surface area contributed by atoms with E-state index in [0.29, 0.717) is 17.5 Å². The number of carbonyl (C=O) groups is 2. The van der Waals surface area contributed by atoms with Gasteiger partial charge in [0.2, 0.25) is 0 Å². The van der Waals surface area contributed by atoms with Crippen molar-refractivity contribution >= 4 is 23.4 Å². The number of hydrogen-bond acceptors (Lipinski definition) is 3. The highest BCUT2D eigenvalue weighted by Crippen LogP contribution is 2.22. The lowest BCUT2D eigenvalue weighted by atomic mass is 9.98. The minimum atomic E-state index is -1.66. The van der Waals surface area contributed by atoms with E-state index in [4.69, 9.17) is 16.7 Å². The number of carboxylic acid groups (broad SMARTS) is 1. The van der Waals surface area contributed by atoms with Crippen molar-refractivity contribution in [3.05, 3.63) is 34.9 Å². The zero-order valence-corrected chi connectivity index (χ0v) is 10.1. The molecule has 5 heteroatoms. The third-order valence-electron chi connectivity index (χ3n) is 2.46. The smallest absolute Gasteiger partial charge is 0.337 e. The van der Waals surface area contributed by atoms with Gasteiger partial charge in [0.05, 0.1) is 0 Å². The van der Waals surface area contributed by atoms with Gasteiger partial charge in [-0.15, -0.1) is 11.6 Å². The summed E-state index contributed by atoms with van der Waals surface area (Å²) >= 11 is 5.66. The lowest BCUT2D eigenvalue weighted by Gasteiger charge is -2.12. The zero-order chi connectivity index (χ0) is 13.0. The van der Waals surface area contributed by atoms with E-state index < -0.39 is 12.1 Å². The third kappa shape index (κ3) is 3.05. The molecule has 0 radical (unpaired) electrons. The number of carboxylic acids is 1. The van der Waals surface area contributed by atoms with Crippen LogP contribution >= 0.6 is 11.6 Å². The quantitative estimate of drug-likeness (QED) is 0.625. The lowest BCUT2D eigenvalue weighted by molar-refractivity contribution is -0.147. The Hall–Kier alpha value is -1.39. The average molecular weight is 257 g/mol. The third-order valence-corrected chi connectivity index (χ3v) is 2.75. The number of aliphatic hydroxyl groups excluding tert-OH is 1. The van der Waals surface area contributed by atoms with Crippen molar-refractivity contribution in [2.45, 2.75) is 25.3 Å². The maximum absolute atomic E-state index is 11.5. The van der Waals surface area contributed by atoms with Crippen LogP contribution in [0.2, 0.25) is 0 Å². The Kier molecular flexibility index (Phi) is 4.66. The van der Waals surface area contributed by atoms with Gasteiger partial charge in [-0.3, -0.25) is 4.79 Å². The van der Waals surface area contributed by atoms with Crippen LogP contribution in [-0.4, -0.2) is 22.0 Å². The van der Waals surface area contributed by atoms with Crippen LogP contribution < -0.4 is 0 Å². The number of aliphatic carboxylic acids is 1. The Labute approximate surface area is 104 Å². The van der Waals surface area contributed by atoms with Crippen molar-refractivity contribution in [3.63, 3.8) is 0 Å². The summed E-state index contributed by atoms with van der Waals surface area (Å²) in [7, 11) is 0. The van der Waals surface area contributed by atoms with Gasteiger partial charge in [0, 0.05) is 17.9 Å². The Balaban J connectivity index is 3.24. The molecule has 0 aromatic heterocycles. The molecule has 4 nitrogen and oxygen atoms in total. The predicted octanol–water partition coefficient (Wildman–Crippen LogP) is 2.14. The normalized spacial score (nSPS) is 12.2. The molecular weight excluding hydrogens is 244 g/mol. The van der Waals surface area contributed by atoms with Crippen LogP contribution in [0.4, 0.5) is 0 Å². The van der Waals surface area contributed by atoms with Gasteiger partial charge in [0.25, 0.3) is 0 Å². The first-order valence-electron chi connectivity index (χ1n) is 5.14. The van der Waals surface area contributed by atoms with E-state index in [0.717, 1.165) is 0 Å². The monoisotopic (exact) mass is 256 g/mol. The second-order valence-corrected chi connectivity index (χ2v) is 3.83. The molecule has 0 aliphatic carbocycles. The second-order valence-electron chi connectivity index (χ2n) is 3.56. The summed E-state index contributed by atoms with van der Waals surface area (Å²) in [6.07, 6.45) is -1.34. The van der Waals surface area contributed by atoms with Crippen molar-refractivity contribution in [1.82, 2.24) is 0 Å². The fraction of sp³-hybridized carbons (Fsp3) is 0.333. The first-order chi connectivity index (χ1) is 8.01. The molecule has 2 N–H and O–H groups in total. The minimum absolute atomic E-state index is 0.0836. The van der Waals surface area contributed by atoms with Crippen molar-refractivity contribution in [2.75, 3.05) is 0 Å². The maximum Gasteiger partial charge on any atom is 0.337 e. The summed E-state index contributed by atoms with van der Waals surface area (Å²) in [4.78, 5) is 22.2. The van der Waals surface area contributed by atoms with E-state index in [-0.39, 0.29) is 17.2 Å². The van der Waals surface area contributed by atoms with Crippen LogP contribution in [0.3, 0.4) is 0 Å². The van der Waals surface area contributed by atoms with Gasteiger partial charge in [-0.1, -0.05) is 19.1 Å². The molecule has 0 saturated heterocycles. The van der Waals surface area contributed by atoms with E-state index in [1.54, 1.807) is 19.1 Å². The molecule has 0 saturated carbocycles. The van der Waals surface area contributed by atoms with Crippen LogP contribution in [-0.2, 0) is 10.7 Å². The largest absolute Gasteiger partial charge is 0.479 e. The summed E-state index contributed by atoms with van der Waals surface area (Å²) in [5, 5.41) is 18.3. The molecule has 1 unspecified atom stereocenters. The molecule has 0 spiro atoms. The van der Waals surface area contributed by atoms with E-state index in [9.17, 15) is 14.7 Å². The van der Waals surface area contributed by atoms with Crippen LogP contribution in [0.5, 0.6) is 0 Å². The number of ketones is 1. The summed E-state index contributed by atoms with van der Waals surface area (Å²) in [6, 6.07) is 4.54. The Morgan fingerprint density at radius 2 is 2.06 bits per heavy atom. The molecule has 1 aromatic carbocycles. The molecule has 0 heterocycles. The lowest BCUT2D eigenvalue weighted by Crippen LogP contribution is -2.13. The number of alkyl halides is 1. The molecule has 0 aliphatic rings. The van der Waals surface area contributed by atoms with Gasteiger partial charge in [0.15, 0.2) is 11.9 Å². The summed E-state index contributed by atoms with van der Waals surface area (Å²) < 4.78 is 0. The van der Waals surface area contributed by atoms with Crippen LogP contribution in [0, 0.1) is 0 Å². The summed E-state index contributed by atoms with van der Waals surface area (Å²) in [5.74, 6) is -1.39. The van der Waals surface area contributed by atoms with Gasteiger partial charge >= 0.3 is 5.97 Å². The van der Waals surface area contributed by atoms with E-state index in [1.165, 1.54) is 6.07 Å². The fourth-order valence-electron chi connectivity index (χ4n) is 1.48. The van der Waals surface area contributed by atoms with Crippen molar-refractivity contribution in [1.29, 1.82) is 0 Å². The molecule has 17 heavy (non-hydrogen) atoms. The Morgan fingerprint density at radius 3 is 2.53 bits per heavy atom.